The summed E-state index contributed by atoms with van der Waals surface area (Å²) < 4.78 is 16.8. The van der Waals surface area contributed by atoms with Crippen LogP contribution in [0.3, 0.4) is 0 Å². The molecular weight excluding hydrogens is 762 g/mol. The van der Waals surface area contributed by atoms with E-state index in [0.717, 1.165) is 12.0 Å². The zero-order valence-electron chi connectivity index (χ0n) is 34.7. The lowest BCUT2D eigenvalue weighted by Gasteiger charge is -2.53. The van der Waals surface area contributed by atoms with Gasteiger partial charge in [0.1, 0.15) is 30.9 Å². The van der Waals surface area contributed by atoms with Gasteiger partial charge < -0.3 is 60.7 Å². The Hall–Kier alpha value is -2.73. The summed E-state index contributed by atoms with van der Waals surface area (Å²) >= 11 is 0. The second kappa shape index (κ2) is 20.0. The number of aliphatic hydroxyl groups is 7. The van der Waals surface area contributed by atoms with Crippen molar-refractivity contribution in [3.63, 3.8) is 0 Å². The molecular formula is C44H69N3O12+2. The van der Waals surface area contributed by atoms with Crippen molar-refractivity contribution in [2.75, 3.05) is 13.1 Å². The lowest BCUT2D eigenvalue weighted by atomic mass is 9.66. The van der Waals surface area contributed by atoms with Gasteiger partial charge in [0.15, 0.2) is 30.5 Å². The number of primary amides is 1. The van der Waals surface area contributed by atoms with Gasteiger partial charge in [-0.25, -0.2) is 0 Å². The fourth-order valence-corrected chi connectivity index (χ4v) is 11.3. The number of carbonyl (C=O) groups excluding carboxylic acids is 3. The van der Waals surface area contributed by atoms with Crippen LogP contribution in [0, 0.1) is 48.0 Å². The molecule has 330 valence electrons. The maximum atomic E-state index is 12.8. The molecule has 1 amide bonds. The molecule has 3 aliphatic carbocycles. The van der Waals surface area contributed by atoms with Crippen LogP contribution in [-0.2, 0) is 23.9 Å². The number of aliphatic imine (C=N–C) groups is 1. The van der Waals surface area contributed by atoms with Crippen LogP contribution >= 0.6 is 0 Å². The highest BCUT2D eigenvalue weighted by atomic mass is 16.7. The number of nitrogens with two attached hydrogens (primary N) is 2. The van der Waals surface area contributed by atoms with Crippen LogP contribution in [-0.4, -0.2) is 128 Å². The number of aliphatic carboxylic acids is 1. The van der Waals surface area contributed by atoms with E-state index in [-0.39, 0.29) is 36.4 Å². The number of aliphatic hydroxyl groups excluding tert-OH is 3. The predicted octanol–water partition coefficient (Wildman–Crippen LogP) is -0.498. The summed E-state index contributed by atoms with van der Waals surface area (Å²) in [5, 5.41) is 70.9. The number of amides is 1. The maximum Gasteiger partial charge on any atom is 0.297 e. The van der Waals surface area contributed by atoms with Gasteiger partial charge in [-0.1, -0.05) is 45.3 Å². The first-order valence-corrected chi connectivity index (χ1v) is 22.2. The molecule has 0 aromatic carbocycles. The lowest BCUT2D eigenvalue weighted by molar-refractivity contribution is -0.682. The number of hydrogen-bond donors (Lipinski definition) is 7. The van der Waals surface area contributed by atoms with E-state index in [9.17, 15) is 45.0 Å². The SMILES string of the molecule is CCC1CCCCC1C=CCC(C)C(C[NH2+]CC1(O)C(OC2CCC3C(C2)[OH+]C(C(N)=O)C(C2CCC(O)CC2)C3O)OC(C(=O)[O-])C(O)C1(O)C=O)CC1=C[CH+]N=C1. The molecule has 15 nitrogen and oxygen atoms in total. The van der Waals surface area contributed by atoms with Gasteiger partial charge in [-0.3, -0.25) is 9.59 Å². The molecule has 0 bridgehead atoms. The van der Waals surface area contributed by atoms with E-state index in [1.54, 1.807) is 11.9 Å². The van der Waals surface area contributed by atoms with Crippen molar-refractivity contribution >= 4 is 24.4 Å². The van der Waals surface area contributed by atoms with Crippen molar-refractivity contribution in [1.82, 2.24) is 0 Å². The van der Waals surface area contributed by atoms with Crippen LogP contribution in [0.5, 0.6) is 0 Å². The maximum absolute atomic E-state index is 12.8. The van der Waals surface area contributed by atoms with E-state index in [4.69, 9.17) is 19.9 Å². The first-order chi connectivity index (χ1) is 28.2. The van der Waals surface area contributed by atoms with Crippen molar-refractivity contribution in [2.45, 2.75) is 164 Å². The van der Waals surface area contributed by atoms with Crippen molar-refractivity contribution < 1.29 is 64.6 Å². The Kier molecular flexibility index (Phi) is 15.5. The third kappa shape index (κ3) is 9.99. The molecule has 15 unspecified atom stereocenters. The zero-order valence-corrected chi connectivity index (χ0v) is 34.7. The third-order valence-corrected chi connectivity index (χ3v) is 15.0. The Labute approximate surface area is 347 Å². The molecule has 10 N–H and O–H groups in total. The number of carboxylic acid groups (broad SMARTS) is 1. The number of nitrogens with zero attached hydrogens (tertiary/aromatic N) is 1. The summed E-state index contributed by atoms with van der Waals surface area (Å²) in [4.78, 5) is 41.9. The molecule has 0 spiro atoms. The van der Waals surface area contributed by atoms with E-state index >= 15 is 0 Å². The quantitative estimate of drug-likeness (QED) is 0.0426. The van der Waals surface area contributed by atoms with E-state index in [1.165, 1.54) is 32.1 Å². The second-order valence-electron chi connectivity index (χ2n) is 18.6. The standard InChI is InChI=1S/C44H67N3O12/c1-3-27-8-4-5-9-28(27)10-6-7-25(2)30(19-26-17-18-46-21-26)22-47-23-43(55)42(59-38(41(53)54)39(51)44(43,56)24-48)57-32-15-16-33-34(20-32)58-37(40(45)52)35(36(33)50)29-11-13-31(49)14-12-29/h6,10,17-18,21,24-25,27-39,42,47,49-51,55-56H,3-5,7-9,11-16,19-20,22-23H2,1-2H3,(H2-,45,52,53,54)/p+2. The second-order valence-corrected chi connectivity index (χ2v) is 18.6. The van der Waals surface area contributed by atoms with E-state index in [0.29, 0.717) is 63.3 Å². The minimum Gasteiger partial charge on any atom is -0.547 e. The topological polar surface area (TPSA) is 262 Å². The predicted molar refractivity (Wildman–Crippen MR) is 214 cm³/mol. The van der Waals surface area contributed by atoms with Crippen LogP contribution in [0.2, 0.25) is 0 Å². The average Bonchev–Trinajstić information content (AvgIpc) is 3.74. The normalized spacial score (nSPS) is 42.4. The molecule has 5 fully saturated rings. The number of hydrogen-bond acceptors (Lipinski definition) is 12. The fraction of sp³-hybridized carbons (Fsp3) is 0.795. The molecule has 3 saturated carbocycles. The summed E-state index contributed by atoms with van der Waals surface area (Å²) in [7, 11) is 0. The number of carboxylic acids is 1. The summed E-state index contributed by atoms with van der Waals surface area (Å²) in [6.07, 6.45) is 9.28. The minimum atomic E-state index is -3.02. The monoisotopic (exact) mass is 831 g/mol. The highest BCUT2D eigenvalue weighted by Crippen LogP contribution is 2.46. The molecule has 0 aromatic heterocycles. The Morgan fingerprint density at radius 2 is 1.88 bits per heavy atom. The van der Waals surface area contributed by atoms with Gasteiger partial charge in [-0.05, 0) is 81.5 Å². The molecule has 15 atom stereocenters. The van der Waals surface area contributed by atoms with Gasteiger partial charge in [0.2, 0.25) is 11.7 Å². The first kappa shape index (κ1) is 45.8. The highest BCUT2D eigenvalue weighted by Gasteiger charge is 2.68. The number of rotatable bonds is 17. The molecule has 3 aliphatic heterocycles. The molecule has 59 heavy (non-hydrogen) atoms. The van der Waals surface area contributed by atoms with Crippen LogP contribution in [0.15, 0.2) is 28.8 Å². The largest absolute Gasteiger partial charge is 0.547 e. The summed E-state index contributed by atoms with van der Waals surface area (Å²) in [6, 6.07) is 0. The minimum absolute atomic E-state index is 0.0315. The Morgan fingerprint density at radius 1 is 1.14 bits per heavy atom. The van der Waals surface area contributed by atoms with Crippen LogP contribution in [0.1, 0.15) is 104 Å². The summed E-state index contributed by atoms with van der Waals surface area (Å²) in [5.74, 6) is -1.87. The van der Waals surface area contributed by atoms with Gasteiger partial charge in [-0.2, -0.15) is 0 Å². The number of aldehydes is 1. The van der Waals surface area contributed by atoms with Crippen molar-refractivity contribution in [1.29, 1.82) is 0 Å². The van der Waals surface area contributed by atoms with Gasteiger partial charge in [0.25, 0.3) is 5.91 Å². The van der Waals surface area contributed by atoms with Crippen molar-refractivity contribution in [3.8, 4) is 0 Å². The average molecular weight is 832 g/mol. The summed E-state index contributed by atoms with van der Waals surface area (Å²) in [6.45, 7) is 6.21. The number of allylic oxidation sites excluding steroid dienone is 3. The molecule has 3 heterocycles. The highest BCUT2D eigenvalue weighted by molar-refractivity contribution is 5.82. The zero-order chi connectivity index (χ0) is 42.5. The first-order valence-electron chi connectivity index (χ1n) is 22.2. The molecule has 15 heteroatoms. The van der Waals surface area contributed by atoms with Gasteiger partial charge in [0, 0.05) is 18.8 Å². The van der Waals surface area contributed by atoms with Crippen LogP contribution < -0.4 is 16.2 Å². The number of ether oxygens (including phenoxy) is 3. The van der Waals surface area contributed by atoms with E-state index < -0.39 is 84.6 Å². The van der Waals surface area contributed by atoms with E-state index in [2.05, 4.69) is 31.0 Å². The lowest BCUT2D eigenvalue weighted by Crippen LogP contribution is -2.95. The molecule has 0 radical (unpaired) electrons. The molecule has 6 aliphatic rings. The fourth-order valence-electron chi connectivity index (χ4n) is 11.3. The van der Waals surface area contributed by atoms with E-state index in [1.807, 2.05) is 12.3 Å². The Balaban J connectivity index is 1.17. The van der Waals surface area contributed by atoms with Crippen LogP contribution in [0.25, 0.3) is 0 Å². The van der Waals surface area contributed by atoms with Crippen LogP contribution in [0.4, 0.5) is 0 Å². The number of carbonyl (C=O) groups is 3. The third-order valence-electron chi connectivity index (χ3n) is 15.0. The summed E-state index contributed by atoms with van der Waals surface area (Å²) in [5.41, 5.74) is 1.25. The number of quaternary nitrogens is 1. The molecule has 2 saturated heterocycles. The van der Waals surface area contributed by atoms with Crippen molar-refractivity contribution in [3.05, 3.63) is 30.3 Å². The van der Waals surface area contributed by atoms with Gasteiger partial charge in [-0.15, -0.1) is 4.99 Å². The van der Waals surface area contributed by atoms with Gasteiger partial charge in [0.05, 0.1) is 48.7 Å². The smallest absolute Gasteiger partial charge is 0.297 e. The molecule has 0 aromatic rings. The molecule has 6 rings (SSSR count). The van der Waals surface area contributed by atoms with Crippen molar-refractivity contribution in [2.24, 2.45) is 52.2 Å². The number of fused-ring (bicyclic) bond motifs is 1. The van der Waals surface area contributed by atoms with Gasteiger partial charge >= 0.3 is 0 Å². The Bertz CT molecular complexity index is 1540. The Morgan fingerprint density at radius 3 is 2.54 bits per heavy atom.